The zero-order valence-corrected chi connectivity index (χ0v) is 11.3. The number of nitrogen functional groups attached to an aromatic ring is 1. The Morgan fingerprint density at radius 1 is 1.58 bits per heavy atom. The third-order valence-electron chi connectivity index (χ3n) is 3.63. The predicted octanol–water partition coefficient (Wildman–Crippen LogP) is 0.892. The number of aromatic carboxylic acids is 1. The summed E-state index contributed by atoms with van der Waals surface area (Å²) in [6.45, 7) is 1.69. The number of likely N-dealkylation sites (N-methyl/N-ethyl adjacent to an activating group) is 1. The van der Waals surface area contributed by atoms with Crippen molar-refractivity contribution in [2.75, 3.05) is 37.8 Å². The maximum absolute atomic E-state index is 11.1. The average molecular weight is 264 g/mol. The summed E-state index contributed by atoms with van der Waals surface area (Å²) in [7, 11) is 4.11. The molecule has 1 unspecified atom stereocenters. The molecule has 1 saturated heterocycles. The number of hydrogen-bond acceptors (Lipinski definition) is 5. The number of pyridine rings is 1. The van der Waals surface area contributed by atoms with Crippen LogP contribution in [0.5, 0.6) is 0 Å². The highest BCUT2D eigenvalue weighted by Gasteiger charge is 2.25. The van der Waals surface area contributed by atoms with E-state index < -0.39 is 5.97 Å². The molecule has 1 aromatic rings. The second kappa shape index (κ2) is 5.44. The first-order chi connectivity index (χ1) is 9.00. The molecule has 2 rings (SSSR count). The Bertz CT molecular complexity index is 476. The summed E-state index contributed by atoms with van der Waals surface area (Å²) in [6, 6.07) is 1.89. The lowest BCUT2D eigenvalue weighted by Gasteiger charge is -2.37. The van der Waals surface area contributed by atoms with Crippen molar-refractivity contribution in [3.63, 3.8) is 0 Å². The molecule has 104 valence electrons. The van der Waals surface area contributed by atoms with Crippen LogP contribution < -0.4 is 10.6 Å². The van der Waals surface area contributed by atoms with Gasteiger partial charge in [-0.15, -0.1) is 0 Å². The van der Waals surface area contributed by atoms with Crippen LogP contribution in [0.1, 0.15) is 23.2 Å². The molecule has 0 aliphatic carbocycles. The first-order valence-electron chi connectivity index (χ1n) is 6.40. The molecule has 0 amide bonds. The molecule has 3 N–H and O–H groups in total. The van der Waals surface area contributed by atoms with Crippen molar-refractivity contribution in [3.8, 4) is 0 Å². The van der Waals surface area contributed by atoms with E-state index in [1.807, 2.05) is 0 Å². The topological polar surface area (TPSA) is 82.7 Å². The standard InChI is InChI=1S/C13H20N4O2/c1-16(2)9-4-3-7-17(8-9)12-11(14)10(13(18)19)5-6-15-12/h5-6,9H,3-4,7-8,14H2,1-2H3,(H,18,19). The van der Waals surface area contributed by atoms with Crippen molar-refractivity contribution in [1.29, 1.82) is 0 Å². The van der Waals surface area contributed by atoms with Crippen LogP contribution in [0.15, 0.2) is 12.3 Å². The highest BCUT2D eigenvalue weighted by molar-refractivity contribution is 5.96. The molecule has 1 aliphatic rings. The van der Waals surface area contributed by atoms with Crippen LogP contribution in [0.2, 0.25) is 0 Å². The molecule has 1 aromatic heterocycles. The number of nitrogens with zero attached hydrogens (tertiary/aromatic N) is 3. The molecule has 0 bridgehead atoms. The monoisotopic (exact) mass is 264 g/mol. The predicted molar refractivity (Wildman–Crippen MR) is 74.5 cm³/mol. The third kappa shape index (κ3) is 2.78. The van der Waals surface area contributed by atoms with E-state index in [1.54, 1.807) is 0 Å². The minimum absolute atomic E-state index is 0.122. The van der Waals surface area contributed by atoms with E-state index in [1.165, 1.54) is 12.3 Å². The van der Waals surface area contributed by atoms with Gasteiger partial charge in [0.25, 0.3) is 0 Å². The van der Waals surface area contributed by atoms with Gasteiger partial charge in [-0.1, -0.05) is 0 Å². The van der Waals surface area contributed by atoms with Crippen molar-refractivity contribution in [3.05, 3.63) is 17.8 Å². The van der Waals surface area contributed by atoms with E-state index in [0.717, 1.165) is 25.9 Å². The van der Waals surface area contributed by atoms with Gasteiger partial charge in [0.15, 0.2) is 5.82 Å². The molecule has 19 heavy (non-hydrogen) atoms. The second-order valence-corrected chi connectivity index (χ2v) is 5.11. The molecule has 0 saturated carbocycles. The van der Waals surface area contributed by atoms with E-state index >= 15 is 0 Å². The Morgan fingerprint density at radius 2 is 2.32 bits per heavy atom. The molecule has 2 heterocycles. The molecule has 0 spiro atoms. The second-order valence-electron chi connectivity index (χ2n) is 5.11. The van der Waals surface area contributed by atoms with E-state index in [2.05, 4.69) is 28.9 Å². The fourth-order valence-electron chi connectivity index (χ4n) is 2.47. The summed E-state index contributed by atoms with van der Waals surface area (Å²) in [6.07, 6.45) is 3.71. The van der Waals surface area contributed by atoms with Crippen molar-refractivity contribution in [2.24, 2.45) is 0 Å². The van der Waals surface area contributed by atoms with Crippen LogP contribution in [0.3, 0.4) is 0 Å². The summed E-state index contributed by atoms with van der Waals surface area (Å²) in [5.74, 6) is -0.422. The number of aromatic nitrogens is 1. The van der Waals surface area contributed by atoms with E-state index in [9.17, 15) is 4.79 Å². The maximum atomic E-state index is 11.1. The lowest BCUT2D eigenvalue weighted by molar-refractivity contribution is 0.0698. The Kier molecular flexibility index (Phi) is 3.90. The molecule has 1 aliphatic heterocycles. The van der Waals surface area contributed by atoms with Crippen molar-refractivity contribution >= 4 is 17.5 Å². The van der Waals surface area contributed by atoms with Gasteiger partial charge >= 0.3 is 5.97 Å². The number of carboxylic acids is 1. The molecular weight excluding hydrogens is 244 g/mol. The van der Waals surface area contributed by atoms with Crippen molar-refractivity contribution in [2.45, 2.75) is 18.9 Å². The highest BCUT2D eigenvalue weighted by atomic mass is 16.4. The number of rotatable bonds is 3. The Labute approximate surface area is 112 Å². The van der Waals surface area contributed by atoms with Gasteiger partial charge in [-0.05, 0) is 33.0 Å². The normalized spacial score (nSPS) is 19.7. The smallest absolute Gasteiger partial charge is 0.337 e. The number of carboxylic acid groups (broad SMARTS) is 1. The number of carbonyl (C=O) groups is 1. The largest absolute Gasteiger partial charge is 0.478 e. The van der Waals surface area contributed by atoms with E-state index in [4.69, 9.17) is 10.8 Å². The number of nitrogens with two attached hydrogens (primary N) is 1. The van der Waals surface area contributed by atoms with Crippen LogP contribution in [0.4, 0.5) is 11.5 Å². The molecule has 0 aromatic carbocycles. The highest BCUT2D eigenvalue weighted by Crippen LogP contribution is 2.27. The Morgan fingerprint density at radius 3 is 2.95 bits per heavy atom. The van der Waals surface area contributed by atoms with Crippen LogP contribution in [0, 0.1) is 0 Å². The summed E-state index contributed by atoms with van der Waals surface area (Å²) in [4.78, 5) is 19.6. The van der Waals surface area contributed by atoms with Crippen LogP contribution in [-0.4, -0.2) is 54.2 Å². The van der Waals surface area contributed by atoms with Crippen LogP contribution in [0.25, 0.3) is 0 Å². The third-order valence-corrected chi connectivity index (χ3v) is 3.63. The van der Waals surface area contributed by atoms with Crippen LogP contribution >= 0.6 is 0 Å². The van der Waals surface area contributed by atoms with Gasteiger partial charge in [-0.2, -0.15) is 0 Å². The van der Waals surface area contributed by atoms with Gasteiger partial charge in [-0.3, -0.25) is 0 Å². The van der Waals surface area contributed by atoms with Gasteiger partial charge in [0.1, 0.15) is 0 Å². The molecule has 1 atom stereocenters. The summed E-state index contributed by atoms with van der Waals surface area (Å²) in [5.41, 5.74) is 6.32. The molecule has 6 heteroatoms. The van der Waals surface area contributed by atoms with Gasteiger partial charge in [0, 0.05) is 25.3 Å². The molecular formula is C13H20N4O2. The number of hydrogen-bond donors (Lipinski definition) is 2. The first kappa shape index (κ1) is 13.6. The lowest BCUT2D eigenvalue weighted by atomic mass is 10.0. The Hall–Kier alpha value is -1.82. The lowest BCUT2D eigenvalue weighted by Crippen LogP contribution is -2.45. The first-order valence-corrected chi connectivity index (χ1v) is 6.40. The van der Waals surface area contributed by atoms with Gasteiger partial charge in [0.05, 0.1) is 11.3 Å². The number of anilines is 2. The minimum Gasteiger partial charge on any atom is -0.478 e. The molecule has 1 fully saturated rings. The summed E-state index contributed by atoms with van der Waals surface area (Å²) >= 11 is 0. The molecule has 6 nitrogen and oxygen atoms in total. The number of piperidine rings is 1. The fourth-order valence-corrected chi connectivity index (χ4v) is 2.47. The van der Waals surface area contributed by atoms with Gasteiger partial charge in [0.2, 0.25) is 0 Å². The quantitative estimate of drug-likeness (QED) is 0.843. The Balaban J connectivity index is 2.26. The molecule has 0 radical (unpaired) electrons. The van der Waals surface area contributed by atoms with Gasteiger partial charge in [-0.25, -0.2) is 9.78 Å². The van der Waals surface area contributed by atoms with Gasteiger partial charge < -0.3 is 20.6 Å². The van der Waals surface area contributed by atoms with E-state index in [-0.39, 0.29) is 11.3 Å². The minimum atomic E-state index is -1.01. The van der Waals surface area contributed by atoms with E-state index in [0.29, 0.717) is 11.9 Å². The maximum Gasteiger partial charge on any atom is 0.337 e. The fraction of sp³-hybridized carbons (Fsp3) is 0.538. The van der Waals surface area contributed by atoms with Crippen LogP contribution in [-0.2, 0) is 0 Å². The zero-order chi connectivity index (χ0) is 14.0. The summed E-state index contributed by atoms with van der Waals surface area (Å²) in [5, 5.41) is 9.09. The van der Waals surface area contributed by atoms with Crippen molar-refractivity contribution < 1.29 is 9.90 Å². The zero-order valence-electron chi connectivity index (χ0n) is 11.3. The SMILES string of the molecule is CN(C)C1CCCN(c2nccc(C(=O)O)c2N)C1. The average Bonchev–Trinajstić information content (AvgIpc) is 2.38. The van der Waals surface area contributed by atoms with Crippen molar-refractivity contribution in [1.82, 2.24) is 9.88 Å². The summed E-state index contributed by atoms with van der Waals surface area (Å²) < 4.78 is 0.